The third-order valence-electron chi connectivity index (χ3n) is 6.09. The first-order valence-corrected chi connectivity index (χ1v) is 10.9. The van der Waals surface area contributed by atoms with Crippen LogP contribution in [0, 0.1) is 11.8 Å². The fraction of sp³-hybridized carbons (Fsp3) is 0.857. The maximum atomic E-state index is 10.6. The molecular formula is C21H38N4O3. The van der Waals surface area contributed by atoms with Crippen molar-refractivity contribution < 1.29 is 15.3 Å². The molecule has 0 aliphatic heterocycles. The highest BCUT2D eigenvalue weighted by Gasteiger charge is 2.41. The number of tetrazole rings is 1. The van der Waals surface area contributed by atoms with E-state index >= 15 is 0 Å². The summed E-state index contributed by atoms with van der Waals surface area (Å²) in [6.07, 6.45) is 12.8. The van der Waals surface area contributed by atoms with E-state index < -0.39 is 17.8 Å². The van der Waals surface area contributed by atoms with Crippen molar-refractivity contribution in [3.63, 3.8) is 0 Å². The summed E-state index contributed by atoms with van der Waals surface area (Å²) < 4.78 is 0. The van der Waals surface area contributed by atoms with Gasteiger partial charge in [0.15, 0.2) is 5.82 Å². The van der Waals surface area contributed by atoms with Crippen molar-refractivity contribution in [1.29, 1.82) is 0 Å². The molecule has 0 amide bonds. The molecular weight excluding hydrogens is 356 g/mol. The van der Waals surface area contributed by atoms with Crippen molar-refractivity contribution in [2.45, 2.75) is 102 Å². The van der Waals surface area contributed by atoms with Crippen LogP contribution in [0.5, 0.6) is 0 Å². The Bertz CT molecular complexity index is 562. The first-order chi connectivity index (χ1) is 13.4. The average Bonchev–Trinajstić information content (AvgIpc) is 3.24. The van der Waals surface area contributed by atoms with Crippen LogP contribution in [0.25, 0.3) is 0 Å². The minimum Gasteiger partial charge on any atom is -0.393 e. The number of aliphatic hydroxyl groups excluding tert-OH is 2. The molecule has 1 fully saturated rings. The number of aliphatic hydroxyl groups is 3. The Hall–Kier alpha value is -1.31. The zero-order valence-electron chi connectivity index (χ0n) is 17.4. The maximum Gasteiger partial charge on any atom is 0.174 e. The number of rotatable bonds is 13. The molecule has 160 valence electrons. The number of unbranched alkanes of at least 4 members (excludes halogenated alkanes) is 3. The molecule has 1 saturated carbocycles. The zero-order valence-corrected chi connectivity index (χ0v) is 17.4. The van der Waals surface area contributed by atoms with Gasteiger partial charge in [-0.1, -0.05) is 43.6 Å². The van der Waals surface area contributed by atoms with E-state index in [-0.39, 0.29) is 11.8 Å². The van der Waals surface area contributed by atoms with Gasteiger partial charge >= 0.3 is 0 Å². The van der Waals surface area contributed by atoms with Crippen molar-refractivity contribution in [2.75, 3.05) is 0 Å². The third-order valence-corrected chi connectivity index (χ3v) is 6.09. The number of H-pyrrole nitrogens is 1. The number of aryl methyl sites for hydroxylation is 1. The van der Waals surface area contributed by atoms with E-state index in [1.165, 1.54) is 0 Å². The quantitative estimate of drug-likeness (QED) is 0.302. The van der Waals surface area contributed by atoms with Gasteiger partial charge in [-0.15, -0.1) is 10.2 Å². The molecule has 28 heavy (non-hydrogen) atoms. The van der Waals surface area contributed by atoms with Gasteiger partial charge in [0.2, 0.25) is 0 Å². The number of hydrogen-bond acceptors (Lipinski definition) is 6. The van der Waals surface area contributed by atoms with E-state index in [9.17, 15) is 15.3 Å². The summed E-state index contributed by atoms with van der Waals surface area (Å²) in [5.74, 6) is 0.848. The third kappa shape index (κ3) is 7.60. The minimum absolute atomic E-state index is 0.0524. The SMILES string of the molecule is CCCCCC(C)(O)CCC1C(O)CC(O)C1C/C=C\CCCc1nn[nH]n1. The Labute approximate surface area is 168 Å². The molecule has 5 atom stereocenters. The van der Waals surface area contributed by atoms with Crippen LogP contribution in [0.3, 0.4) is 0 Å². The van der Waals surface area contributed by atoms with E-state index in [1.807, 2.05) is 6.92 Å². The highest BCUT2D eigenvalue weighted by Crippen LogP contribution is 2.39. The van der Waals surface area contributed by atoms with Crippen LogP contribution in [0.4, 0.5) is 0 Å². The molecule has 0 bridgehead atoms. The number of aromatic amines is 1. The highest BCUT2D eigenvalue weighted by molar-refractivity contribution is 4.97. The molecule has 4 N–H and O–H groups in total. The molecule has 7 nitrogen and oxygen atoms in total. The average molecular weight is 395 g/mol. The van der Waals surface area contributed by atoms with Crippen LogP contribution in [-0.4, -0.2) is 53.8 Å². The molecule has 0 radical (unpaired) electrons. The summed E-state index contributed by atoms with van der Waals surface area (Å²) in [6, 6.07) is 0. The Morgan fingerprint density at radius 2 is 1.89 bits per heavy atom. The largest absolute Gasteiger partial charge is 0.393 e. The fourth-order valence-electron chi connectivity index (χ4n) is 4.30. The minimum atomic E-state index is -0.683. The molecule has 1 aromatic heterocycles. The van der Waals surface area contributed by atoms with Crippen LogP contribution in [-0.2, 0) is 6.42 Å². The summed E-state index contributed by atoms with van der Waals surface area (Å²) in [7, 11) is 0. The first-order valence-electron chi connectivity index (χ1n) is 10.9. The monoisotopic (exact) mass is 394 g/mol. The predicted octanol–water partition coefficient (Wildman–Crippen LogP) is 2.94. The Kier molecular flexibility index (Phi) is 9.55. The number of hydrogen-bond donors (Lipinski definition) is 4. The van der Waals surface area contributed by atoms with E-state index in [0.29, 0.717) is 12.8 Å². The fourth-order valence-corrected chi connectivity index (χ4v) is 4.30. The van der Waals surface area contributed by atoms with Gasteiger partial charge in [-0.3, -0.25) is 0 Å². The van der Waals surface area contributed by atoms with Gasteiger partial charge in [0.1, 0.15) is 0 Å². The van der Waals surface area contributed by atoms with Crippen molar-refractivity contribution in [3.05, 3.63) is 18.0 Å². The summed E-state index contributed by atoms with van der Waals surface area (Å²) in [5, 5.41) is 45.3. The molecule has 7 heteroatoms. The van der Waals surface area contributed by atoms with E-state index in [0.717, 1.165) is 63.6 Å². The molecule has 5 unspecified atom stereocenters. The van der Waals surface area contributed by atoms with Crippen LogP contribution in [0.1, 0.15) is 83.9 Å². The Morgan fingerprint density at radius 1 is 1.11 bits per heavy atom. The van der Waals surface area contributed by atoms with Crippen molar-refractivity contribution in [2.24, 2.45) is 11.8 Å². The number of nitrogens with zero attached hydrogens (tertiary/aromatic N) is 3. The van der Waals surface area contributed by atoms with E-state index in [1.54, 1.807) is 0 Å². The van der Waals surface area contributed by atoms with Gasteiger partial charge in [0.05, 0.1) is 17.8 Å². The molecule has 2 rings (SSSR count). The van der Waals surface area contributed by atoms with Gasteiger partial charge in [-0.2, -0.15) is 5.21 Å². The van der Waals surface area contributed by atoms with Crippen molar-refractivity contribution in [1.82, 2.24) is 20.6 Å². The lowest BCUT2D eigenvalue weighted by atomic mass is 9.82. The standard InChI is InChI=1S/C21H38N4O3/c1-3-4-9-13-21(2,28)14-12-17-16(18(26)15-19(17)27)10-7-5-6-8-11-20-22-24-25-23-20/h5,7,16-19,26-28H,3-4,6,8-15H2,1-2H3,(H,22,23,24,25)/b7-5-. The van der Waals surface area contributed by atoms with Crippen molar-refractivity contribution in [3.8, 4) is 0 Å². The van der Waals surface area contributed by atoms with Gasteiger partial charge in [0, 0.05) is 6.42 Å². The van der Waals surface area contributed by atoms with Gasteiger partial charge < -0.3 is 15.3 Å². The molecule has 1 aromatic rings. The summed E-state index contributed by atoms with van der Waals surface area (Å²) in [4.78, 5) is 0. The number of allylic oxidation sites excluding steroid dienone is 2. The molecule has 0 saturated heterocycles. The second-order valence-corrected chi connectivity index (χ2v) is 8.62. The van der Waals surface area contributed by atoms with E-state index in [2.05, 4.69) is 39.7 Å². The summed E-state index contributed by atoms with van der Waals surface area (Å²) >= 11 is 0. The van der Waals surface area contributed by atoms with Crippen molar-refractivity contribution >= 4 is 0 Å². The van der Waals surface area contributed by atoms with E-state index in [4.69, 9.17) is 0 Å². The normalized spacial score (nSPS) is 27.5. The van der Waals surface area contributed by atoms with Crippen LogP contribution in [0.2, 0.25) is 0 Å². The molecule has 0 aromatic carbocycles. The van der Waals surface area contributed by atoms with Gasteiger partial charge in [0.25, 0.3) is 0 Å². The lowest BCUT2D eigenvalue weighted by Gasteiger charge is -2.28. The van der Waals surface area contributed by atoms with Crippen LogP contribution < -0.4 is 0 Å². The molecule has 1 aliphatic rings. The second kappa shape index (κ2) is 11.6. The Morgan fingerprint density at radius 3 is 2.61 bits per heavy atom. The first kappa shape index (κ1) is 23.0. The predicted molar refractivity (Wildman–Crippen MR) is 108 cm³/mol. The zero-order chi connectivity index (χ0) is 20.4. The van der Waals surface area contributed by atoms with Crippen LogP contribution >= 0.6 is 0 Å². The molecule has 1 heterocycles. The van der Waals surface area contributed by atoms with Gasteiger partial charge in [-0.05, 0) is 63.7 Å². The number of aromatic nitrogens is 4. The number of nitrogens with one attached hydrogen (secondary N) is 1. The lowest BCUT2D eigenvalue weighted by molar-refractivity contribution is 0.0196. The Balaban J connectivity index is 1.74. The molecule has 1 aliphatic carbocycles. The summed E-state index contributed by atoms with van der Waals surface area (Å²) in [5.41, 5.74) is -0.683. The second-order valence-electron chi connectivity index (χ2n) is 8.62. The topological polar surface area (TPSA) is 115 Å². The maximum absolute atomic E-state index is 10.6. The summed E-state index contributed by atoms with van der Waals surface area (Å²) in [6.45, 7) is 4.06. The van der Waals surface area contributed by atoms with Gasteiger partial charge in [-0.25, -0.2) is 0 Å². The smallest absolute Gasteiger partial charge is 0.174 e. The highest BCUT2D eigenvalue weighted by atomic mass is 16.3. The lowest BCUT2D eigenvalue weighted by Crippen LogP contribution is -2.28. The molecule has 0 spiro atoms. The van der Waals surface area contributed by atoms with Crippen LogP contribution in [0.15, 0.2) is 12.2 Å².